The van der Waals surface area contributed by atoms with E-state index >= 15 is 0 Å². The summed E-state index contributed by atoms with van der Waals surface area (Å²) in [5.74, 6) is 0.807. The van der Waals surface area contributed by atoms with Crippen LogP contribution in [0.15, 0.2) is 0 Å². The highest BCUT2D eigenvalue weighted by molar-refractivity contribution is 5.69. The van der Waals surface area contributed by atoms with Crippen LogP contribution in [0.25, 0.3) is 0 Å². The van der Waals surface area contributed by atoms with Gasteiger partial charge < -0.3 is 19.3 Å². The van der Waals surface area contributed by atoms with Crippen molar-refractivity contribution >= 4 is 12.3 Å². The van der Waals surface area contributed by atoms with E-state index in [1.807, 2.05) is 0 Å². The standard InChI is InChI=1S/C34H68N2O3/c1-5-7-9-14-23-33(24-15-10-8-6-2)25-22-32-39-34(38)26-16-13-18-29-36(28-17-11-12-21-31-37)30-20-19-27-35(3)4/h31,33H,5-30,32H2,1-4H3. The summed E-state index contributed by atoms with van der Waals surface area (Å²) in [6, 6.07) is 0. The molecule has 0 heterocycles. The van der Waals surface area contributed by atoms with Crippen LogP contribution >= 0.6 is 0 Å². The number of ether oxygens (including phenoxy) is 1. The highest BCUT2D eigenvalue weighted by Gasteiger charge is 2.10. The van der Waals surface area contributed by atoms with Gasteiger partial charge in [-0.05, 0) is 97.6 Å². The summed E-state index contributed by atoms with van der Waals surface area (Å²) >= 11 is 0. The van der Waals surface area contributed by atoms with Gasteiger partial charge in [-0.25, -0.2) is 0 Å². The minimum absolute atomic E-state index is 0.00633. The predicted molar refractivity (Wildman–Crippen MR) is 168 cm³/mol. The normalized spacial score (nSPS) is 11.7. The summed E-state index contributed by atoms with van der Waals surface area (Å²) in [5.41, 5.74) is 0. The molecule has 5 heteroatoms. The molecule has 0 aliphatic carbocycles. The lowest BCUT2D eigenvalue weighted by molar-refractivity contribution is -0.144. The minimum atomic E-state index is -0.00633. The fourth-order valence-electron chi connectivity index (χ4n) is 5.40. The minimum Gasteiger partial charge on any atom is -0.466 e. The molecule has 0 rings (SSSR count). The van der Waals surface area contributed by atoms with Crippen molar-refractivity contribution in [1.82, 2.24) is 9.80 Å². The van der Waals surface area contributed by atoms with E-state index < -0.39 is 0 Å². The quantitative estimate of drug-likeness (QED) is 0.0488. The van der Waals surface area contributed by atoms with E-state index in [1.165, 1.54) is 89.9 Å². The first-order valence-electron chi connectivity index (χ1n) is 17.0. The SMILES string of the molecule is CCCCCCC(CCCCCC)CCCOC(=O)CCCCCN(CCCCCC=O)CCCCN(C)C. The Morgan fingerprint density at radius 3 is 1.72 bits per heavy atom. The maximum atomic E-state index is 12.3. The van der Waals surface area contributed by atoms with Crippen LogP contribution in [0.2, 0.25) is 0 Å². The highest BCUT2D eigenvalue weighted by atomic mass is 16.5. The molecule has 0 radical (unpaired) electrons. The zero-order valence-corrected chi connectivity index (χ0v) is 26.9. The van der Waals surface area contributed by atoms with Crippen LogP contribution in [0.5, 0.6) is 0 Å². The summed E-state index contributed by atoms with van der Waals surface area (Å²) in [5, 5.41) is 0. The van der Waals surface area contributed by atoms with Gasteiger partial charge >= 0.3 is 5.97 Å². The smallest absolute Gasteiger partial charge is 0.305 e. The number of carbonyl (C=O) groups excluding carboxylic acids is 2. The molecule has 0 saturated carbocycles. The van der Waals surface area contributed by atoms with Crippen LogP contribution in [0.3, 0.4) is 0 Å². The van der Waals surface area contributed by atoms with Gasteiger partial charge in [-0.2, -0.15) is 0 Å². The molecular weight excluding hydrogens is 484 g/mol. The first-order valence-corrected chi connectivity index (χ1v) is 17.0. The number of rotatable bonds is 31. The molecule has 0 spiro atoms. The predicted octanol–water partition coefficient (Wildman–Crippen LogP) is 8.83. The second-order valence-electron chi connectivity index (χ2n) is 12.1. The lowest BCUT2D eigenvalue weighted by Crippen LogP contribution is -2.28. The van der Waals surface area contributed by atoms with Crippen molar-refractivity contribution < 1.29 is 14.3 Å². The van der Waals surface area contributed by atoms with E-state index in [9.17, 15) is 9.59 Å². The molecule has 0 amide bonds. The molecule has 0 atom stereocenters. The zero-order chi connectivity index (χ0) is 28.8. The lowest BCUT2D eigenvalue weighted by atomic mass is 9.91. The Balaban J connectivity index is 4.08. The Morgan fingerprint density at radius 2 is 1.15 bits per heavy atom. The molecule has 39 heavy (non-hydrogen) atoms. The van der Waals surface area contributed by atoms with E-state index in [0.29, 0.717) is 19.4 Å². The number of hydrogen-bond donors (Lipinski definition) is 0. The molecule has 5 nitrogen and oxygen atoms in total. The van der Waals surface area contributed by atoms with Gasteiger partial charge in [0.25, 0.3) is 0 Å². The van der Waals surface area contributed by atoms with Crippen LogP contribution in [0.1, 0.15) is 155 Å². The van der Waals surface area contributed by atoms with Crippen molar-refractivity contribution in [1.29, 1.82) is 0 Å². The second kappa shape index (κ2) is 30.0. The van der Waals surface area contributed by atoms with E-state index in [0.717, 1.165) is 76.9 Å². The van der Waals surface area contributed by atoms with Gasteiger partial charge in [0.1, 0.15) is 6.29 Å². The van der Waals surface area contributed by atoms with Crippen LogP contribution in [-0.4, -0.2) is 68.9 Å². The number of aldehydes is 1. The first-order chi connectivity index (χ1) is 19.0. The lowest BCUT2D eigenvalue weighted by Gasteiger charge is -2.22. The Bertz CT molecular complexity index is 515. The van der Waals surface area contributed by atoms with Gasteiger partial charge in [-0.1, -0.05) is 90.9 Å². The number of hydrogen-bond acceptors (Lipinski definition) is 5. The molecule has 0 fully saturated rings. The summed E-state index contributed by atoms with van der Waals surface area (Å²) < 4.78 is 5.60. The van der Waals surface area contributed by atoms with E-state index in [2.05, 4.69) is 37.7 Å². The number of unbranched alkanes of at least 4 members (excludes halogenated alkanes) is 12. The van der Waals surface area contributed by atoms with Gasteiger partial charge in [0.05, 0.1) is 6.61 Å². The molecular formula is C34H68N2O3. The summed E-state index contributed by atoms with van der Waals surface area (Å²) in [6.45, 7) is 9.70. The topological polar surface area (TPSA) is 49.9 Å². The van der Waals surface area contributed by atoms with Crippen molar-refractivity contribution in [3.8, 4) is 0 Å². The van der Waals surface area contributed by atoms with Gasteiger partial charge in [0.15, 0.2) is 0 Å². The molecule has 0 aromatic rings. The molecule has 232 valence electrons. The van der Waals surface area contributed by atoms with Crippen molar-refractivity contribution in [2.45, 2.75) is 155 Å². The fourth-order valence-corrected chi connectivity index (χ4v) is 5.40. The van der Waals surface area contributed by atoms with E-state index in [4.69, 9.17) is 4.74 Å². The molecule has 0 aromatic carbocycles. The number of carbonyl (C=O) groups is 2. The first kappa shape index (κ1) is 38.1. The summed E-state index contributed by atoms with van der Waals surface area (Å²) in [7, 11) is 4.27. The van der Waals surface area contributed by atoms with Crippen LogP contribution < -0.4 is 0 Å². The Morgan fingerprint density at radius 1 is 0.641 bits per heavy atom. The van der Waals surface area contributed by atoms with Gasteiger partial charge in [0, 0.05) is 12.8 Å². The van der Waals surface area contributed by atoms with Crippen molar-refractivity contribution in [3.05, 3.63) is 0 Å². The third kappa shape index (κ3) is 28.4. The average Bonchev–Trinajstić information content (AvgIpc) is 2.92. The zero-order valence-electron chi connectivity index (χ0n) is 26.9. The van der Waals surface area contributed by atoms with Crippen molar-refractivity contribution in [3.63, 3.8) is 0 Å². The molecule has 0 unspecified atom stereocenters. The molecule has 0 aliphatic heterocycles. The van der Waals surface area contributed by atoms with Gasteiger partial charge in [0.2, 0.25) is 0 Å². The third-order valence-electron chi connectivity index (χ3n) is 7.93. The molecule has 0 aromatic heterocycles. The molecule has 0 aliphatic rings. The Kier molecular flexibility index (Phi) is 29.3. The molecule has 0 saturated heterocycles. The van der Waals surface area contributed by atoms with Crippen molar-refractivity contribution in [2.75, 3.05) is 46.9 Å². The number of nitrogens with zero attached hydrogens (tertiary/aromatic N) is 2. The van der Waals surface area contributed by atoms with Crippen LogP contribution in [0, 0.1) is 5.92 Å². The maximum absolute atomic E-state index is 12.3. The Hall–Kier alpha value is -0.940. The summed E-state index contributed by atoms with van der Waals surface area (Å²) in [6.07, 6.45) is 27.0. The van der Waals surface area contributed by atoms with Crippen LogP contribution in [-0.2, 0) is 14.3 Å². The molecule has 0 N–H and O–H groups in total. The fraction of sp³-hybridized carbons (Fsp3) is 0.941. The largest absolute Gasteiger partial charge is 0.466 e. The van der Waals surface area contributed by atoms with Crippen molar-refractivity contribution in [2.24, 2.45) is 5.92 Å². The van der Waals surface area contributed by atoms with Crippen LogP contribution in [0.4, 0.5) is 0 Å². The van der Waals surface area contributed by atoms with Gasteiger partial charge in [-0.3, -0.25) is 4.79 Å². The monoisotopic (exact) mass is 553 g/mol. The van der Waals surface area contributed by atoms with E-state index in [1.54, 1.807) is 0 Å². The highest BCUT2D eigenvalue weighted by Crippen LogP contribution is 2.23. The summed E-state index contributed by atoms with van der Waals surface area (Å²) in [4.78, 5) is 27.7. The number of esters is 1. The molecule has 0 bridgehead atoms. The second-order valence-corrected chi connectivity index (χ2v) is 12.1. The Labute approximate surface area is 244 Å². The van der Waals surface area contributed by atoms with E-state index in [-0.39, 0.29) is 5.97 Å². The third-order valence-corrected chi connectivity index (χ3v) is 7.93. The van der Waals surface area contributed by atoms with Gasteiger partial charge in [-0.15, -0.1) is 0 Å². The maximum Gasteiger partial charge on any atom is 0.305 e. The average molecular weight is 553 g/mol.